The molecule has 0 spiro atoms. The van der Waals surface area contributed by atoms with Crippen molar-refractivity contribution in [2.24, 2.45) is 0 Å². The van der Waals surface area contributed by atoms with E-state index < -0.39 is 23.8 Å². The lowest BCUT2D eigenvalue weighted by Gasteiger charge is -2.27. The van der Waals surface area contributed by atoms with E-state index in [1.807, 2.05) is 0 Å². The predicted molar refractivity (Wildman–Crippen MR) is 88.0 cm³/mol. The Morgan fingerprint density at radius 2 is 2.04 bits per heavy atom. The minimum atomic E-state index is -0.983. The fraction of sp³-hybridized carbons (Fsp3) is 0.125. The zero-order chi connectivity index (χ0) is 17.4. The minimum Gasteiger partial charge on any atom is -0.302 e. The molecule has 1 fully saturated rings. The number of hydrogen-bond acceptors (Lipinski definition) is 3. The molecule has 2 aromatic carbocycles. The van der Waals surface area contributed by atoms with Crippen LogP contribution in [0.5, 0.6) is 0 Å². The van der Waals surface area contributed by atoms with E-state index in [1.165, 1.54) is 11.0 Å². The van der Waals surface area contributed by atoms with Crippen LogP contribution in [0.2, 0.25) is 5.02 Å². The van der Waals surface area contributed by atoms with Crippen LogP contribution in [0.15, 0.2) is 46.9 Å². The molecule has 1 aliphatic rings. The molecule has 1 saturated heterocycles. The van der Waals surface area contributed by atoms with E-state index in [-0.39, 0.29) is 17.1 Å². The van der Waals surface area contributed by atoms with Gasteiger partial charge in [0.25, 0.3) is 11.8 Å². The van der Waals surface area contributed by atoms with E-state index in [4.69, 9.17) is 11.6 Å². The first-order chi connectivity index (χ1) is 11.4. The summed E-state index contributed by atoms with van der Waals surface area (Å²) in [5.41, 5.74) is 0.602. The lowest BCUT2D eigenvalue weighted by Crippen LogP contribution is -2.34. The fourth-order valence-electron chi connectivity index (χ4n) is 2.56. The number of halogens is 3. The largest absolute Gasteiger partial charge is 0.302 e. The van der Waals surface area contributed by atoms with Crippen LogP contribution in [-0.4, -0.2) is 33.5 Å². The quantitative estimate of drug-likeness (QED) is 0.765. The van der Waals surface area contributed by atoms with Gasteiger partial charge in [-0.2, -0.15) is 5.06 Å². The van der Waals surface area contributed by atoms with Crippen molar-refractivity contribution < 1.29 is 19.2 Å². The van der Waals surface area contributed by atoms with E-state index in [0.717, 1.165) is 16.6 Å². The minimum absolute atomic E-state index is 0.0566. The van der Waals surface area contributed by atoms with Crippen LogP contribution >= 0.6 is 27.5 Å². The maximum Gasteiger partial charge on any atom is 0.267 e. The number of carbonyl (C=O) groups excluding carboxylic acids is 2. The van der Waals surface area contributed by atoms with E-state index in [2.05, 4.69) is 15.9 Å². The second-order valence-corrected chi connectivity index (χ2v) is 6.55. The van der Waals surface area contributed by atoms with Crippen LogP contribution in [-0.2, 0) is 4.79 Å². The Hall–Kier alpha value is -1.96. The monoisotopic (exact) mass is 412 g/mol. The van der Waals surface area contributed by atoms with Gasteiger partial charge in [0.15, 0.2) is 6.17 Å². The summed E-state index contributed by atoms with van der Waals surface area (Å²) in [4.78, 5) is 25.8. The van der Waals surface area contributed by atoms with Gasteiger partial charge in [-0.05, 0) is 35.9 Å². The molecule has 3 rings (SSSR count). The van der Waals surface area contributed by atoms with Crippen LogP contribution in [0.3, 0.4) is 0 Å². The summed E-state index contributed by atoms with van der Waals surface area (Å²) in [7, 11) is 0. The van der Waals surface area contributed by atoms with Crippen LogP contribution in [0.4, 0.5) is 4.39 Å². The maximum atomic E-state index is 13.2. The first-order valence-electron chi connectivity index (χ1n) is 6.91. The molecule has 1 N–H and O–H groups in total. The van der Waals surface area contributed by atoms with Crippen LogP contribution in [0.1, 0.15) is 22.1 Å². The topological polar surface area (TPSA) is 60.9 Å². The third kappa shape index (κ3) is 3.02. The third-order valence-electron chi connectivity index (χ3n) is 3.66. The van der Waals surface area contributed by atoms with Crippen molar-refractivity contribution in [3.05, 3.63) is 68.9 Å². The Bertz CT molecular complexity index is 833. The number of hydroxylamine groups is 2. The molecule has 0 aliphatic carbocycles. The van der Waals surface area contributed by atoms with E-state index in [1.54, 1.807) is 24.3 Å². The Labute approximate surface area is 150 Å². The highest BCUT2D eigenvalue weighted by Crippen LogP contribution is 2.33. The van der Waals surface area contributed by atoms with Gasteiger partial charge in [-0.1, -0.05) is 39.7 Å². The van der Waals surface area contributed by atoms with Crippen molar-refractivity contribution in [3.63, 3.8) is 0 Å². The molecule has 124 valence electrons. The van der Waals surface area contributed by atoms with E-state index in [0.29, 0.717) is 10.6 Å². The molecule has 0 aromatic heterocycles. The predicted octanol–water partition coefficient (Wildman–Crippen LogP) is 3.61. The number of rotatable bonds is 2. The number of hydrogen-bond donors (Lipinski definition) is 1. The summed E-state index contributed by atoms with van der Waals surface area (Å²) < 4.78 is 13.9. The van der Waals surface area contributed by atoms with E-state index >= 15 is 0 Å². The Morgan fingerprint density at radius 3 is 2.71 bits per heavy atom. The van der Waals surface area contributed by atoms with Crippen molar-refractivity contribution in [2.75, 3.05) is 6.54 Å². The van der Waals surface area contributed by atoms with E-state index in [9.17, 15) is 19.2 Å². The average Bonchev–Trinajstić information content (AvgIpc) is 2.82. The van der Waals surface area contributed by atoms with Gasteiger partial charge in [0.05, 0.1) is 10.6 Å². The Morgan fingerprint density at radius 1 is 1.29 bits per heavy atom. The summed E-state index contributed by atoms with van der Waals surface area (Å²) >= 11 is 9.25. The van der Waals surface area contributed by atoms with Crippen molar-refractivity contribution in [2.45, 2.75) is 6.17 Å². The summed E-state index contributed by atoms with van der Waals surface area (Å²) in [6.45, 7) is -0.305. The SMILES string of the molecule is O=C1CN(C(=O)c2ccc(F)cc2Cl)C(c2cccc(Br)c2)N1O. The van der Waals surface area contributed by atoms with Crippen molar-refractivity contribution in [3.8, 4) is 0 Å². The molecular weight excluding hydrogens is 403 g/mol. The van der Waals surface area contributed by atoms with Gasteiger partial charge in [0.1, 0.15) is 12.4 Å². The standard InChI is InChI=1S/C16H11BrClFN2O3/c17-10-3-1-2-9(6-10)15-20(8-14(22)21(15)24)16(23)12-5-4-11(19)7-13(12)18/h1-7,15,24H,8H2. The lowest BCUT2D eigenvalue weighted by molar-refractivity contribution is -0.168. The van der Waals surface area contributed by atoms with Gasteiger partial charge in [-0.3, -0.25) is 14.8 Å². The fourth-order valence-corrected chi connectivity index (χ4v) is 3.23. The smallest absolute Gasteiger partial charge is 0.267 e. The number of nitrogens with zero attached hydrogens (tertiary/aromatic N) is 2. The molecule has 5 nitrogen and oxygen atoms in total. The second kappa shape index (κ2) is 6.51. The highest BCUT2D eigenvalue weighted by atomic mass is 79.9. The molecule has 2 amide bonds. The van der Waals surface area contributed by atoms with Crippen LogP contribution in [0.25, 0.3) is 0 Å². The molecule has 1 aliphatic heterocycles. The highest BCUT2D eigenvalue weighted by molar-refractivity contribution is 9.10. The van der Waals surface area contributed by atoms with Crippen LogP contribution in [0, 0.1) is 5.82 Å². The first kappa shape index (κ1) is 16.9. The molecule has 24 heavy (non-hydrogen) atoms. The summed E-state index contributed by atoms with van der Waals surface area (Å²) in [5.74, 6) is -1.76. The first-order valence-corrected chi connectivity index (χ1v) is 8.08. The molecule has 0 saturated carbocycles. The molecule has 8 heteroatoms. The highest BCUT2D eigenvalue weighted by Gasteiger charge is 2.42. The average molecular weight is 414 g/mol. The van der Waals surface area contributed by atoms with Gasteiger partial charge in [-0.25, -0.2) is 4.39 Å². The molecule has 0 radical (unpaired) electrons. The summed E-state index contributed by atoms with van der Waals surface area (Å²) in [6, 6.07) is 10.3. The maximum absolute atomic E-state index is 13.2. The normalized spacial score (nSPS) is 17.5. The van der Waals surface area contributed by atoms with Crippen LogP contribution < -0.4 is 0 Å². The lowest BCUT2D eigenvalue weighted by atomic mass is 10.1. The summed E-state index contributed by atoms with van der Waals surface area (Å²) in [5, 5.41) is 10.5. The molecule has 0 bridgehead atoms. The van der Waals surface area contributed by atoms with Gasteiger partial charge in [-0.15, -0.1) is 0 Å². The van der Waals surface area contributed by atoms with Gasteiger partial charge >= 0.3 is 0 Å². The molecule has 1 atom stereocenters. The molecule has 1 heterocycles. The van der Waals surface area contributed by atoms with Crippen molar-refractivity contribution in [1.29, 1.82) is 0 Å². The zero-order valence-corrected chi connectivity index (χ0v) is 14.5. The second-order valence-electron chi connectivity index (χ2n) is 5.22. The van der Waals surface area contributed by atoms with Gasteiger partial charge < -0.3 is 4.90 Å². The molecular formula is C16H11BrClFN2O3. The molecule has 1 unspecified atom stereocenters. The molecule has 2 aromatic rings. The number of amides is 2. The number of benzene rings is 2. The Kier molecular flexibility index (Phi) is 4.58. The number of carbonyl (C=O) groups is 2. The van der Waals surface area contributed by atoms with Crippen molar-refractivity contribution in [1.82, 2.24) is 9.96 Å². The van der Waals surface area contributed by atoms with Gasteiger partial charge in [0, 0.05) is 4.47 Å². The summed E-state index contributed by atoms with van der Waals surface area (Å²) in [6.07, 6.45) is -0.983. The third-order valence-corrected chi connectivity index (χ3v) is 4.46. The Balaban J connectivity index is 2.01. The van der Waals surface area contributed by atoms with Crippen molar-refractivity contribution >= 4 is 39.3 Å². The van der Waals surface area contributed by atoms with Gasteiger partial charge in [0.2, 0.25) is 0 Å². The zero-order valence-electron chi connectivity index (χ0n) is 12.1.